The number of ether oxygens (including phenoxy) is 2. The number of aromatic nitrogens is 1. The molecular weight excluding hydrogens is 493 g/mol. The molecule has 4 rings (SSSR count). The lowest BCUT2D eigenvalue weighted by molar-refractivity contribution is 0.000952. The van der Waals surface area contributed by atoms with E-state index < -0.39 is 11.7 Å². The second-order valence-electron chi connectivity index (χ2n) is 11.2. The molecular formula is C24H35Cl2N5O4. The lowest BCUT2D eigenvalue weighted by Crippen LogP contribution is -2.58. The van der Waals surface area contributed by atoms with Crippen LogP contribution in [0.3, 0.4) is 0 Å². The molecule has 9 nitrogen and oxygen atoms in total. The molecule has 2 saturated heterocycles. The van der Waals surface area contributed by atoms with Gasteiger partial charge in [0.15, 0.2) is 10.9 Å². The van der Waals surface area contributed by atoms with E-state index in [1.54, 1.807) is 9.80 Å². The molecule has 2 fully saturated rings. The van der Waals surface area contributed by atoms with Gasteiger partial charge in [0.2, 0.25) is 0 Å². The molecule has 0 radical (unpaired) electrons. The molecule has 4 heterocycles. The second-order valence-corrected chi connectivity index (χ2v) is 11.9. The summed E-state index contributed by atoms with van der Waals surface area (Å²) >= 11 is 13.0. The molecule has 0 aromatic carbocycles. The van der Waals surface area contributed by atoms with Crippen molar-refractivity contribution in [3.63, 3.8) is 0 Å². The number of carbonyl (C=O) groups excluding carboxylic acids is 2. The van der Waals surface area contributed by atoms with E-state index in [1.807, 2.05) is 20.8 Å². The van der Waals surface area contributed by atoms with Crippen LogP contribution in [0.5, 0.6) is 5.75 Å². The molecule has 1 unspecified atom stereocenters. The van der Waals surface area contributed by atoms with E-state index in [9.17, 15) is 9.59 Å². The van der Waals surface area contributed by atoms with Crippen molar-refractivity contribution >= 4 is 41.0 Å². The maximum atomic E-state index is 14.0. The van der Waals surface area contributed by atoms with Gasteiger partial charge in [-0.1, -0.05) is 23.2 Å². The highest BCUT2D eigenvalue weighted by Gasteiger charge is 2.47. The third-order valence-electron chi connectivity index (χ3n) is 7.08. The zero-order valence-electron chi connectivity index (χ0n) is 21.5. The van der Waals surface area contributed by atoms with Crippen molar-refractivity contribution in [2.24, 2.45) is 0 Å². The minimum atomic E-state index is -0.599. The van der Waals surface area contributed by atoms with Crippen LogP contribution in [-0.2, 0) is 4.74 Å². The molecule has 1 aromatic heterocycles. The Kier molecular flexibility index (Phi) is 6.83. The normalized spacial score (nSPS) is 24.2. The highest BCUT2D eigenvalue weighted by Crippen LogP contribution is 2.45. The quantitative estimate of drug-likeness (QED) is 0.541. The van der Waals surface area contributed by atoms with Gasteiger partial charge < -0.3 is 29.1 Å². The molecule has 35 heavy (non-hydrogen) atoms. The number of likely N-dealkylation sites (N-methyl/N-ethyl adjacent to an activating group) is 1. The first-order valence-electron chi connectivity index (χ1n) is 12.0. The fraction of sp³-hybridized carbons (Fsp3) is 0.708. The number of hydrogen-bond acceptors (Lipinski definition) is 7. The molecule has 3 aliphatic heterocycles. The zero-order valence-corrected chi connectivity index (χ0v) is 23.0. The van der Waals surface area contributed by atoms with Crippen molar-refractivity contribution in [1.82, 2.24) is 19.7 Å². The van der Waals surface area contributed by atoms with E-state index in [1.165, 1.54) is 0 Å². The highest BCUT2D eigenvalue weighted by molar-refractivity contribution is 6.42. The molecule has 3 aliphatic rings. The van der Waals surface area contributed by atoms with E-state index in [2.05, 4.69) is 42.7 Å². The molecule has 2 atom stereocenters. The number of piperazine rings is 1. The Morgan fingerprint density at radius 1 is 1.20 bits per heavy atom. The Hall–Kier alpha value is -1.97. The Balaban J connectivity index is 1.68. The number of hydrogen-bond donors (Lipinski definition) is 0. The molecule has 11 heteroatoms. The topological polar surface area (TPSA) is 78.5 Å². The summed E-state index contributed by atoms with van der Waals surface area (Å²) in [6.07, 6.45) is 0.520. The van der Waals surface area contributed by atoms with E-state index >= 15 is 0 Å². The van der Waals surface area contributed by atoms with Crippen LogP contribution in [0.1, 0.15) is 51.4 Å². The number of carbonyl (C=O) groups is 2. The van der Waals surface area contributed by atoms with Gasteiger partial charge in [0.1, 0.15) is 28.6 Å². The standard InChI is InChI=1S/C24H35Cl2N5O4/c1-23(2,3)35-22(33)29-10-11-30-14(12-29)13-34-18-16(21(30)32)20(27-19(26)17(18)25)31-9-8-15(28(6)7)24(31,4)5/h14-15H,8-13H2,1-7H3/t14-,15?/m1/s1. The minimum absolute atomic E-state index is 0.104. The lowest BCUT2D eigenvalue weighted by Gasteiger charge is -2.41. The van der Waals surface area contributed by atoms with Crippen LogP contribution in [0.2, 0.25) is 10.2 Å². The first-order chi connectivity index (χ1) is 16.2. The lowest BCUT2D eigenvalue weighted by atomic mass is 9.94. The van der Waals surface area contributed by atoms with Gasteiger partial charge in [-0.3, -0.25) is 4.79 Å². The summed E-state index contributed by atoms with van der Waals surface area (Å²) in [5.41, 5.74) is -0.569. The van der Waals surface area contributed by atoms with Crippen molar-refractivity contribution < 1.29 is 19.1 Å². The highest BCUT2D eigenvalue weighted by atomic mass is 35.5. The zero-order chi connectivity index (χ0) is 25.9. The van der Waals surface area contributed by atoms with Gasteiger partial charge in [0.05, 0.1) is 11.6 Å². The van der Waals surface area contributed by atoms with Gasteiger partial charge in [-0.25, -0.2) is 9.78 Å². The second kappa shape index (κ2) is 9.16. The third-order valence-corrected chi connectivity index (χ3v) is 7.80. The maximum absolute atomic E-state index is 14.0. The van der Waals surface area contributed by atoms with E-state index in [-0.39, 0.29) is 46.1 Å². The number of anilines is 1. The van der Waals surface area contributed by atoms with E-state index in [4.69, 9.17) is 32.7 Å². The van der Waals surface area contributed by atoms with Crippen LogP contribution in [0.4, 0.5) is 10.6 Å². The van der Waals surface area contributed by atoms with Gasteiger partial charge in [-0.05, 0) is 55.1 Å². The smallest absolute Gasteiger partial charge is 0.410 e. The van der Waals surface area contributed by atoms with Crippen LogP contribution >= 0.6 is 23.2 Å². The van der Waals surface area contributed by atoms with Gasteiger partial charge >= 0.3 is 6.09 Å². The average molecular weight is 528 g/mol. The Labute approximate surface area is 217 Å². The fourth-order valence-electron chi connectivity index (χ4n) is 5.45. The summed E-state index contributed by atoms with van der Waals surface area (Å²) in [5, 5.41) is 0.233. The molecule has 0 aliphatic carbocycles. The Morgan fingerprint density at radius 2 is 1.89 bits per heavy atom. The predicted octanol–water partition coefficient (Wildman–Crippen LogP) is 3.76. The molecule has 0 saturated carbocycles. The monoisotopic (exact) mass is 527 g/mol. The molecule has 0 bridgehead atoms. The molecule has 1 aromatic rings. The van der Waals surface area contributed by atoms with Crippen molar-refractivity contribution in [2.75, 3.05) is 51.8 Å². The van der Waals surface area contributed by atoms with Gasteiger partial charge in [-0.2, -0.15) is 0 Å². The fourth-order valence-corrected chi connectivity index (χ4v) is 5.81. The summed E-state index contributed by atoms with van der Waals surface area (Å²) < 4.78 is 11.7. The third kappa shape index (κ3) is 4.74. The van der Waals surface area contributed by atoms with Crippen LogP contribution in [0, 0.1) is 0 Å². The summed E-state index contributed by atoms with van der Waals surface area (Å²) in [5.74, 6) is 0.537. The van der Waals surface area contributed by atoms with E-state index in [0.717, 1.165) is 13.0 Å². The average Bonchev–Trinajstić information content (AvgIpc) is 2.98. The van der Waals surface area contributed by atoms with Crippen LogP contribution < -0.4 is 9.64 Å². The molecule has 0 N–H and O–H groups in total. The van der Waals surface area contributed by atoms with Crippen LogP contribution in [0.15, 0.2) is 0 Å². The van der Waals surface area contributed by atoms with E-state index in [0.29, 0.717) is 31.0 Å². The number of rotatable bonds is 2. The maximum Gasteiger partial charge on any atom is 0.410 e. The first kappa shape index (κ1) is 26.1. The predicted molar refractivity (Wildman–Crippen MR) is 136 cm³/mol. The summed E-state index contributed by atoms with van der Waals surface area (Å²) in [4.78, 5) is 38.9. The number of fused-ring (bicyclic) bond motifs is 2. The summed E-state index contributed by atoms with van der Waals surface area (Å²) in [6, 6.07) is -0.0821. The molecule has 194 valence electrons. The Morgan fingerprint density at radius 3 is 2.49 bits per heavy atom. The van der Waals surface area contributed by atoms with Crippen molar-refractivity contribution in [3.8, 4) is 5.75 Å². The number of halogens is 2. The summed E-state index contributed by atoms with van der Waals surface area (Å²) in [6.45, 7) is 11.7. The largest absolute Gasteiger partial charge is 0.489 e. The number of amides is 2. The van der Waals surface area contributed by atoms with Crippen LogP contribution in [-0.4, -0.2) is 102 Å². The van der Waals surface area contributed by atoms with Gasteiger partial charge in [-0.15, -0.1) is 0 Å². The first-order valence-corrected chi connectivity index (χ1v) is 12.7. The van der Waals surface area contributed by atoms with Crippen molar-refractivity contribution in [1.29, 1.82) is 0 Å². The Bertz CT molecular complexity index is 1030. The van der Waals surface area contributed by atoms with Crippen molar-refractivity contribution in [2.45, 2.75) is 64.3 Å². The van der Waals surface area contributed by atoms with Gasteiger partial charge in [0, 0.05) is 32.2 Å². The SMILES string of the molecule is CN(C)C1CCN(c2nc(Cl)c(Cl)c3c2C(=O)N2CCN(C(=O)OC(C)(C)C)C[C@@H]2CO3)C1(C)C. The molecule has 0 spiro atoms. The van der Waals surface area contributed by atoms with Crippen LogP contribution in [0.25, 0.3) is 0 Å². The number of nitrogens with zero attached hydrogens (tertiary/aromatic N) is 5. The number of pyridine rings is 1. The minimum Gasteiger partial charge on any atom is -0.489 e. The summed E-state index contributed by atoms with van der Waals surface area (Å²) in [7, 11) is 4.11. The van der Waals surface area contributed by atoms with Crippen molar-refractivity contribution in [3.05, 3.63) is 15.7 Å². The molecule has 2 amide bonds. The van der Waals surface area contributed by atoms with Gasteiger partial charge in [0.25, 0.3) is 5.91 Å².